The molecule has 0 fully saturated rings. The first-order valence-corrected chi connectivity index (χ1v) is 8.48. The van der Waals surface area contributed by atoms with Gasteiger partial charge in [0.1, 0.15) is 0 Å². The van der Waals surface area contributed by atoms with Gasteiger partial charge in [-0.15, -0.1) is 11.3 Å². The third kappa shape index (κ3) is 3.69. The summed E-state index contributed by atoms with van der Waals surface area (Å²) in [6, 6.07) is 7.83. The summed E-state index contributed by atoms with van der Waals surface area (Å²) < 4.78 is 27.0. The molecule has 0 bridgehead atoms. The van der Waals surface area contributed by atoms with Crippen molar-refractivity contribution >= 4 is 27.3 Å². The lowest BCUT2D eigenvalue weighted by atomic mass is 10.1. The van der Waals surface area contributed by atoms with Crippen LogP contribution in [-0.4, -0.2) is 19.5 Å². The third-order valence-electron chi connectivity index (χ3n) is 2.93. The maximum Gasteiger partial charge on any atom is 0.335 e. The fraction of sp³-hybridized carbons (Fsp3) is 0.214. The van der Waals surface area contributed by atoms with Crippen LogP contribution in [0.3, 0.4) is 0 Å². The van der Waals surface area contributed by atoms with E-state index in [-0.39, 0.29) is 17.0 Å². The first-order valence-electron chi connectivity index (χ1n) is 6.18. The summed E-state index contributed by atoms with van der Waals surface area (Å²) in [6.45, 7) is 3.67. The van der Waals surface area contributed by atoms with Crippen molar-refractivity contribution in [1.82, 2.24) is 4.72 Å². The zero-order valence-electron chi connectivity index (χ0n) is 11.6. The maximum absolute atomic E-state index is 12.2. The minimum absolute atomic E-state index is 0.0534. The van der Waals surface area contributed by atoms with Crippen LogP contribution in [-0.2, 0) is 16.6 Å². The molecule has 0 saturated carbocycles. The van der Waals surface area contributed by atoms with Gasteiger partial charge in [0.05, 0.1) is 10.5 Å². The van der Waals surface area contributed by atoms with Gasteiger partial charge in [0.2, 0.25) is 10.0 Å². The average molecular weight is 325 g/mol. The summed E-state index contributed by atoms with van der Waals surface area (Å²) in [5, 5.41) is 8.92. The number of aryl methyl sites for hydroxylation is 2. The van der Waals surface area contributed by atoms with Crippen molar-refractivity contribution in [2.45, 2.75) is 25.3 Å². The molecule has 1 heterocycles. The van der Waals surface area contributed by atoms with E-state index in [9.17, 15) is 13.2 Å². The highest BCUT2D eigenvalue weighted by atomic mass is 32.2. The number of carboxylic acid groups (broad SMARTS) is 1. The Hall–Kier alpha value is -1.70. The summed E-state index contributed by atoms with van der Waals surface area (Å²) in [5.74, 6) is -1.04. The van der Waals surface area contributed by atoms with E-state index in [2.05, 4.69) is 4.72 Å². The lowest BCUT2D eigenvalue weighted by Crippen LogP contribution is -2.23. The molecule has 5 nitrogen and oxygen atoms in total. The molecule has 0 radical (unpaired) electrons. The molecule has 7 heteroatoms. The van der Waals surface area contributed by atoms with Crippen LogP contribution < -0.4 is 4.72 Å². The average Bonchev–Trinajstić information content (AvgIpc) is 2.77. The molecule has 0 aliphatic rings. The van der Waals surface area contributed by atoms with E-state index in [1.807, 2.05) is 6.92 Å². The summed E-state index contributed by atoms with van der Waals surface area (Å²) in [7, 11) is -3.59. The van der Waals surface area contributed by atoms with Crippen LogP contribution in [0.4, 0.5) is 0 Å². The van der Waals surface area contributed by atoms with E-state index in [1.54, 1.807) is 25.1 Å². The van der Waals surface area contributed by atoms with Crippen LogP contribution >= 0.6 is 11.3 Å². The van der Waals surface area contributed by atoms with E-state index in [0.717, 1.165) is 9.75 Å². The predicted molar refractivity (Wildman–Crippen MR) is 81.2 cm³/mol. The van der Waals surface area contributed by atoms with Crippen molar-refractivity contribution < 1.29 is 18.3 Å². The Labute approximate surface area is 127 Å². The van der Waals surface area contributed by atoms with Crippen molar-refractivity contribution in [2.75, 3.05) is 0 Å². The Kier molecular flexibility index (Phi) is 4.46. The molecule has 0 atom stereocenters. The van der Waals surface area contributed by atoms with Crippen molar-refractivity contribution in [3.63, 3.8) is 0 Å². The van der Waals surface area contributed by atoms with Crippen LogP contribution in [0.15, 0.2) is 35.2 Å². The second-order valence-corrected chi connectivity index (χ2v) is 7.80. The maximum atomic E-state index is 12.2. The highest BCUT2D eigenvalue weighted by Crippen LogP contribution is 2.24. The lowest BCUT2D eigenvalue weighted by molar-refractivity contribution is 0.0696. The molecule has 2 aromatic rings. The highest BCUT2D eigenvalue weighted by molar-refractivity contribution is 7.89. The monoisotopic (exact) mass is 325 g/mol. The second-order valence-electron chi connectivity index (χ2n) is 4.61. The van der Waals surface area contributed by atoms with Crippen LogP contribution in [0.1, 0.15) is 25.7 Å². The van der Waals surface area contributed by atoms with Crippen LogP contribution in [0, 0.1) is 13.8 Å². The van der Waals surface area contributed by atoms with Crippen molar-refractivity contribution in [3.8, 4) is 0 Å². The molecule has 0 spiro atoms. The minimum atomic E-state index is -3.59. The number of hydrogen-bond donors (Lipinski definition) is 2. The topological polar surface area (TPSA) is 83.5 Å². The van der Waals surface area contributed by atoms with E-state index in [1.165, 1.54) is 23.5 Å². The quantitative estimate of drug-likeness (QED) is 0.885. The highest BCUT2D eigenvalue weighted by Gasteiger charge is 2.18. The van der Waals surface area contributed by atoms with Crippen molar-refractivity contribution in [2.24, 2.45) is 0 Å². The molecular formula is C14H15NO4S2. The van der Waals surface area contributed by atoms with E-state index in [0.29, 0.717) is 5.56 Å². The third-order valence-corrected chi connectivity index (χ3v) is 5.55. The fourth-order valence-corrected chi connectivity index (χ4v) is 4.52. The normalized spacial score (nSPS) is 11.5. The van der Waals surface area contributed by atoms with Gasteiger partial charge in [0.15, 0.2) is 0 Å². The summed E-state index contributed by atoms with van der Waals surface area (Å²) >= 11 is 1.43. The standard InChI is InChI=1S/C14H15NO4S2/c1-9-6-13(10(2)20-9)21(18,19)15-8-11-4-3-5-12(7-11)14(16)17/h3-7,15H,8H2,1-2H3,(H,16,17). The van der Waals surface area contributed by atoms with E-state index >= 15 is 0 Å². The van der Waals surface area contributed by atoms with Gasteiger partial charge in [0, 0.05) is 16.3 Å². The van der Waals surface area contributed by atoms with Crippen molar-refractivity contribution in [1.29, 1.82) is 0 Å². The Balaban J connectivity index is 2.17. The van der Waals surface area contributed by atoms with Gasteiger partial charge in [0.25, 0.3) is 0 Å². The molecule has 2 N–H and O–H groups in total. The largest absolute Gasteiger partial charge is 0.478 e. The molecule has 0 amide bonds. The summed E-state index contributed by atoms with van der Waals surface area (Å²) in [6.07, 6.45) is 0. The Bertz CT molecular complexity index is 778. The molecule has 1 aromatic heterocycles. The number of nitrogens with one attached hydrogen (secondary N) is 1. The van der Waals surface area contributed by atoms with Crippen LogP contribution in [0.2, 0.25) is 0 Å². The van der Waals surface area contributed by atoms with Gasteiger partial charge in [-0.1, -0.05) is 12.1 Å². The van der Waals surface area contributed by atoms with Gasteiger partial charge < -0.3 is 5.11 Å². The molecule has 0 aliphatic heterocycles. The number of rotatable bonds is 5. The number of hydrogen-bond acceptors (Lipinski definition) is 4. The molecule has 112 valence electrons. The summed E-state index contributed by atoms with van der Waals surface area (Å²) in [5.41, 5.74) is 0.734. The zero-order valence-corrected chi connectivity index (χ0v) is 13.2. The van der Waals surface area contributed by atoms with Gasteiger partial charge in [-0.2, -0.15) is 0 Å². The van der Waals surface area contributed by atoms with E-state index in [4.69, 9.17) is 5.11 Å². The number of carbonyl (C=O) groups is 1. The fourth-order valence-electron chi connectivity index (χ4n) is 1.94. The Morgan fingerprint density at radius 2 is 2.00 bits per heavy atom. The molecule has 2 rings (SSSR count). The molecule has 0 unspecified atom stereocenters. The van der Waals surface area contributed by atoms with Gasteiger partial charge in [-0.3, -0.25) is 0 Å². The second kappa shape index (κ2) is 5.97. The molecule has 0 saturated heterocycles. The molecule has 21 heavy (non-hydrogen) atoms. The predicted octanol–water partition coefficient (Wildman–Crippen LogP) is 2.54. The first-order chi connectivity index (χ1) is 9.79. The SMILES string of the molecule is Cc1cc(S(=O)(=O)NCc2cccc(C(=O)O)c2)c(C)s1. The molecular weight excluding hydrogens is 310 g/mol. The van der Waals surface area contributed by atoms with Gasteiger partial charge in [-0.25, -0.2) is 17.9 Å². The van der Waals surface area contributed by atoms with Crippen molar-refractivity contribution in [3.05, 3.63) is 51.2 Å². The summed E-state index contributed by atoms with van der Waals surface area (Å²) in [4.78, 5) is 12.8. The molecule has 1 aromatic carbocycles. The zero-order chi connectivity index (χ0) is 15.6. The number of aromatic carboxylic acids is 1. The molecule has 0 aliphatic carbocycles. The first kappa shape index (κ1) is 15.7. The number of sulfonamides is 1. The Morgan fingerprint density at radius 3 is 2.57 bits per heavy atom. The number of thiophene rings is 1. The number of carboxylic acids is 1. The smallest absolute Gasteiger partial charge is 0.335 e. The number of benzene rings is 1. The Morgan fingerprint density at radius 1 is 1.29 bits per heavy atom. The minimum Gasteiger partial charge on any atom is -0.478 e. The lowest BCUT2D eigenvalue weighted by Gasteiger charge is -2.07. The van der Waals surface area contributed by atoms with Gasteiger partial charge in [-0.05, 0) is 37.6 Å². The van der Waals surface area contributed by atoms with Crippen LogP contribution in [0.25, 0.3) is 0 Å². The van der Waals surface area contributed by atoms with Crippen LogP contribution in [0.5, 0.6) is 0 Å². The van der Waals surface area contributed by atoms with E-state index < -0.39 is 16.0 Å². The van der Waals surface area contributed by atoms with Gasteiger partial charge >= 0.3 is 5.97 Å².